The van der Waals surface area contributed by atoms with Crippen LogP contribution in [0.1, 0.15) is 40.0 Å². The minimum absolute atomic E-state index is 0.161. The second-order valence-corrected chi connectivity index (χ2v) is 9.09. The normalized spacial score (nSPS) is 30.3. The van der Waals surface area contributed by atoms with Crippen LogP contribution in [0.15, 0.2) is 18.2 Å². The molecule has 0 amide bonds. The number of aliphatic hydroxyl groups excluding tert-OH is 1. The second-order valence-electron chi connectivity index (χ2n) is 8.68. The SMILES string of the molecule is CC1(C)C[C@@H]2C[C@@](C)(CN2C[C@@H](O)COc2ccc(F)cc2Cl)C1. The number of halogens is 2. The maximum absolute atomic E-state index is 13.0. The molecule has 0 radical (unpaired) electrons. The Morgan fingerprint density at radius 2 is 2.12 bits per heavy atom. The molecule has 1 N–H and O–H groups in total. The highest BCUT2D eigenvalue weighted by atomic mass is 35.5. The fraction of sp³-hybridized carbons (Fsp3) is 0.684. The van der Waals surface area contributed by atoms with Gasteiger partial charge in [0.1, 0.15) is 24.3 Å². The predicted molar refractivity (Wildman–Crippen MR) is 94.0 cm³/mol. The van der Waals surface area contributed by atoms with E-state index in [4.69, 9.17) is 16.3 Å². The van der Waals surface area contributed by atoms with Crippen molar-refractivity contribution in [2.75, 3.05) is 19.7 Å². The number of aliphatic hydroxyl groups is 1. The highest BCUT2D eigenvalue weighted by Crippen LogP contribution is 2.52. The lowest BCUT2D eigenvalue weighted by Gasteiger charge is -2.40. The molecule has 3 rings (SSSR count). The van der Waals surface area contributed by atoms with Gasteiger partial charge in [0.05, 0.1) is 5.02 Å². The Hall–Kier alpha value is -0.840. The summed E-state index contributed by atoms with van der Waals surface area (Å²) in [6.45, 7) is 8.86. The quantitative estimate of drug-likeness (QED) is 0.862. The van der Waals surface area contributed by atoms with Gasteiger partial charge in [-0.15, -0.1) is 0 Å². The van der Waals surface area contributed by atoms with Gasteiger partial charge in [0, 0.05) is 19.1 Å². The molecule has 0 spiro atoms. The summed E-state index contributed by atoms with van der Waals surface area (Å²) >= 11 is 5.95. The summed E-state index contributed by atoms with van der Waals surface area (Å²) in [6, 6.07) is 4.56. The van der Waals surface area contributed by atoms with Crippen molar-refractivity contribution in [2.45, 2.75) is 52.2 Å². The molecule has 1 saturated carbocycles. The van der Waals surface area contributed by atoms with Crippen LogP contribution in [0, 0.1) is 16.6 Å². The fourth-order valence-corrected chi connectivity index (χ4v) is 5.11. The van der Waals surface area contributed by atoms with Crippen LogP contribution in [-0.2, 0) is 0 Å². The van der Waals surface area contributed by atoms with Crippen LogP contribution in [0.5, 0.6) is 5.75 Å². The number of β-amino-alcohol motifs (C(OH)–C–C–N with tert-alkyl or cyclic N) is 1. The van der Waals surface area contributed by atoms with Gasteiger partial charge in [-0.3, -0.25) is 4.90 Å². The van der Waals surface area contributed by atoms with E-state index in [-0.39, 0.29) is 11.6 Å². The molecule has 1 heterocycles. The summed E-state index contributed by atoms with van der Waals surface area (Å²) in [4.78, 5) is 2.41. The molecule has 1 aromatic carbocycles. The topological polar surface area (TPSA) is 32.7 Å². The summed E-state index contributed by atoms with van der Waals surface area (Å²) < 4.78 is 18.6. The predicted octanol–water partition coefficient (Wildman–Crippen LogP) is 4.12. The number of ether oxygens (including phenoxy) is 1. The third-order valence-electron chi connectivity index (χ3n) is 5.29. The molecule has 3 nitrogen and oxygen atoms in total. The third-order valence-corrected chi connectivity index (χ3v) is 5.59. The van der Waals surface area contributed by atoms with Crippen molar-refractivity contribution in [3.05, 3.63) is 29.0 Å². The number of benzene rings is 1. The lowest BCUT2D eigenvalue weighted by molar-refractivity contribution is 0.0585. The third kappa shape index (κ3) is 4.04. The first-order valence-corrected chi connectivity index (χ1v) is 9.04. The van der Waals surface area contributed by atoms with E-state index in [0.29, 0.717) is 29.2 Å². The number of nitrogens with zero attached hydrogens (tertiary/aromatic N) is 1. The first-order chi connectivity index (χ1) is 11.2. The van der Waals surface area contributed by atoms with Gasteiger partial charge in [-0.2, -0.15) is 0 Å². The largest absolute Gasteiger partial charge is 0.489 e. The summed E-state index contributed by atoms with van der Waals surface area (Å²) in [6.07, 6.45) is 3.05. The Kier molecular flexibility index (Phi) is 4.84. The van der Waals surface area contributed by atoms with Gasteiger partial charge in [-0.25, -0.2) is 4.39 Å². The van der Waals surface area contributed by atoms with Gasteiger partial charge in [0.15, 0.2) is 0 Å². The number of rotatable bonds is 5. The zero-order chi connectivity index (χ0) is 17.5. The summed E-state index contributed by atoms with van der Waals surface area (Å²) in [7, 11) is 0. The minimum Gasteiger partial charge on any atom is -0.489 e. The van der Waals surface area contributed by atoms with Crippen LogP contribution < -0.4 is 4.74 Å². The number of likely N-dealkylation sites (tertiary alicyclic amines) is 1. The van der Waals surface area contributed by atoms with E-state index >= 15 is 0 Å². The van der Waals surface area contributed by atoms with E-state index in [1.165, 1.54) is 37.5 Å². The van der Waals surface area contributed by atoms with E-state index in [0.717, 1.165) is 6.54 Å². The van der Waals surface area contributed by atoms with Crippen molar-refractivity contribution in [3.8, 4) is 5.75 Å². The van der Waals surface area contributed by atoms with Gasteiger partial charge < -0.3 is 9.84 Å². The van der Waals surface area contributed by atoms with Gasteiger partial charge in [0.2, 0.25) is 0 Å². The zero-order valence-electron chi connectivity index (χ0n) is 14.7. The molecule has 134 valence electrons. The zero-order valence-corrected chi connectivity index (χ0v) is 15.4. The average molecular weight is 356 g/mol. The minimum atomic E-state index is -0.586. The lowest BCUT2D eigenvalue weighted by Crippen LogP contribution is -2.39. The summed E-state index contributed by atoms with van der Waals surface area (Å²) in [5.41, 5.74) is 0.725. The smallest absolute Gasteiger partial charge is 0.138 e. The van der Waals surface area contributed by atoms with Crippen molar-refractivity contribution >= 4 is 11.6 Å². The van der Waals surface area contributed by atoms with Crippen LogP contribution in [0.2, 0.25) is 5.02 Å². The molecule has 5 heteroatoms. The van der Waals surface area contributed by atoms with E-state index in [1.807, 2.05) is 0 Å². The number of hydrogen-bond donors (Lipinski definition) is 1. The average Bonchev–Trinajstić information content (AvgIpc) is 2.66. The van der Waals surface area contributed by atoms with E-state index in [9.17, 15) is 9.50 Å². The molecule has 1 saturated heterocycles. The van der Waals surface area contributed by atoms with Crippen LogP contribution in [0.4, 0.5) is 4.39 Å². The van der Waals surface area contributed by atoms with Gasteiger partial charge >= 0.3 is 0 Å². The molecule has 1 aromatic rings. The summed E-state index contributed by atoms with van der Waals surface area (Å²) in [5.74, 6) is 0.0125. The van der Waals surface area contributed by atoms with Crippen molar-refractivity contribution in [1.82, 2.24) is 4.90 Å². The molecular formula is C19H27ClFNO2. The Morgan fingerprint density at radius 3 is 2.83 bits per heavy atom. The molecule has 1 aliphatic carbocycles. The number of fused-ring (bicyclic) bond motifs is 2. The van der Waals surface area contributed by atoms with Crippen molar-refractivity contribution in [2.24, 2.45) is 10.8 Å². The van der Waals surface area contributed by atoms with Crippen molar-refractivity contribution in [1.29, 1.82) is 0 Å². The first-order valence-electron chi connectivity index (χ1n) is 8.66. The van der Waals surface area contributed by atoms with Gasteiger partial charge in [0.25, 0.3) is 0 Å². The molecule has 0 unspecified atom stereocenters. The maximum atomic E-state index is 13.0. The van der Waals surface area contributed by atoms with Crippen LogP contribution in [0.3, 0.4) is 0 Å². The second kappa shape index (κ2) is 6.47. The maximum Gasteiger partial charge on any atom is 0.138 e. The monoisotopic (exact) mass is 355 g/mol. The van der Waals surface area contributed by atoms with Crippen LogP contribution in [-0.4, -0.2) is 41.8 Å². The Morgan fingerprint density at radius 1 is 1.38 bits per heavy atom. The van der Waals surface area contributed by atoms with Crippen molar-refractivity contribution < 1.29 is 14.2 Å². The fourth-order valence-electron chi connectivity index (χ4n) is 4.89. The highest BCUT2D eigenvalue weighted by Gasteiger charge is 2.49. The Balaban J connectivity index is 1.55. The molecule has 0 aromatic heterocycles. The molecule has 24 heavy (non-hydrogen) atoms. The van der Waals surface area contributed by atoms with Crippen molar-refractivity contribution in [3.63, 3.8) is 0 Å². The summed E-state index contributed by atoms with van der Waals surface area (Å²) in [5, 5.41) is 10.6. The molecule has 2 fully saturated rings. The highest BCUT2D eigenvalue weighted by molar-refractivity contribution is 6.32. The van der Waals surface area contributed by atoms with E-state index in [2.05, 4.69) is 25.7 Å². The molecule has 1 aliphatic heterocycles. The first kappa shape index (κ1) is 18.0. The van der Waals surface area contributed by atoms with Crippen LogP contribution in [0.25, 0.3) is 0 Å². The standard InChI is InChI=1S/C19H27ClFNO2/c1-18(2)7-14-8-19(3,11-18)12-22(14)9-15(23)10-24-17-5-4-13(21)6-16(17)20/h4-6,14-15,23H,7-12H2,1-3H3/t14-,15-,19-/m1/s1. The van der Waals surface area contributed by atoms with Crippen LogP contribution >= 0.6 is 11.6 Å². The lowest BCUT2D eigenvalue weighted by atomic mass is 9.65. The van der Waals surface area contributed by atoms with E-state index < -0.39 is 11.9 Å². The number of hydrogen-bond acceptors (Lipinski definition) is 3. The molecule has 2 aliphatic rings. The Labute approximate surface area is 148 Å². The van der Waals surface area contributed by atoms with E-state index in [1.54, 1.807) is 0 Å². The Bertz CT molecular complexity index is 609. The molecule has 3 atom stereocenters. The molecular weight excluding hydrogens is 329 g/mol. The van der Waals surface area contributed by atoms with Gasteiger partial charge in [-0.1, -0.05) is 32.4 Å². The van der Waals surface area contributed by atoms with Gasteiger partial charge in [-0.05, 0) is 48.3 Å². The molecule has 2 bridgehead atoms.